The topological polar surface area (TPSA) is 38.0 Å². The molecule has 0 aliphatic rings. The molecule has 1 heterocycles. The molecule has 0 unspecified atom stereocenters. The Morgan fingerprint density at radius 1 is 1.25 bits per heavy atom. The zero-order valence-corrected chi connectivity index (χ0v) is 11.1. The van der Waals surface area contributed by atoms with Gasteiger partial charge < -0.3 is 11.1 Å². The first-order valence-corrected chi connectivity index (χ1v) is 6.70. The molecule has 1 aromatic carbocycles. The van der Waals surface area contributed by atoms with Crippen molar-refractivity contribution in [2.24, 2.45) is 0 Å². The van der Waals surface area contributed by atoms with E-state index in [1.165, 1.54) is 4.88 Å². The number of nitrogen functional groups attached to an aromatic ring is 1. The number of thiophene rings is 1. The van der Waals surface area contributed by atoms with Crippen LogP contribution >= 0.6 is 27.3 Å². The predicted molar refractivity (Wildman–Crippen MR) is 73.4 cm³/mol. The highest BCUT2D eigenvalue weighted by Gasteiger charge is 1.99. The lowest BCUT2D eigenvalue weighted by Crippen LogP contribution is -2.12. The Kier molecular flexibility index (Phi) is 3.98. The Hall–Kier alpha value is -0.840. The smallest absolute Gasteiger partial charge is 0.0359 e. The Morgan fingerprint density at radius 2 is 2.06 bits per heavy atom. The lowest BCUT2D eigenvalue weighted by atomic mass is 10.2. The van der Waals surface area contributed by atoms with Crippen LogP contribution in [-0.2, 0) is 13.1 Å². The molecule has 0 amide bonds. The van der Waals surface area contributed by atoms with Gasteiger partial charge in [0.2, 0.25) is 0 Å². The van der Waals surface area contributed by atoms with Crippen LogP contribution in [0.25, 0.3) is 0 Å². The molecule has 0 bridgehead atoms. The van der Waals surface area contributed by atoms with E-state index in [-0.39, 0.29) is 0 Å². The Morgan fingerprint density at radius 3 is 2.75 bits per heavy atom. The summed E-state index contributed by atoms with van der Waals surface area (Å²) < 4.78 is 1.15. The minimum atomic E-state index is 0.808. The second kappa shape index (κ2) is 5.48. The van der Waals surface area contributed by atoms with Crippen LogP contribution in [0.15, 0.2) is 40.2 Å². The van der Waals surface area contributed by atoms with Gasteiger partial charge in [0.05, 0.1) is 0 Å². The standard InChI is InChI=1S/C12H13BrN2S/c13-10-5-11(16-8-10)7-15-6-9-3-1-2-4-12(9)14/h1-5,8,15H,6-7,14H2. The maximum absolute atomic E-state index is 5.86. The van der Waals surface area contributed by atoms with Crippen molar-refractivity contribution in [3.8, 4) is 0 Å². The number of nitrogens with one attached hydrogen (secondary N) is 1. The van der Waals surface area contributed by atoms with Crippen molar-refractivity contribution in [2.75, 3.05) is 5.73 Å². The summed E-state index contributed by atoms with van der Waals surface area (Å²) in [6.45, 7) is 1.69. The first-order chi connectivity index (χ1) is 7.75. The van der Waals surface area contributed by atoms with Crippen molar-refractivity contribution in [3.63, 3.8) is 0 Å². The van der Waals surface area contributed by atoms with Crippen LogP contribution in [0.2, 0.25) is 0 Å². The zero-order chi connectivity index (χ0) is 11.4. The second-order valence-electron chi connectivity index (χ2n) is 3.53. The number of rotatable bonds is 4. The highest BCUT2D eigenvalue weighted by molar-refractivity contribution is 9.10. The Balaban J connectivity index is 1.87. The van der Waals surface area contributed by atoms with Crippen LogP contribution in [0, 0.1) is 0 Å². The number of anilines is 1. The van der Waals surface area contributed by atoms with Gasteiger partial charge in [-0.05, 0) is 33.6 Å². The number of nitrogens with two attached hydrogens (primary N) is 1. The molecule has 3 N–H and O–H groups in total. The van der Waals surface area contributed by atoms with Crippen LogP contribution in [0.5, 0.6) is 0 Å². The molecule has 0 saturated carbocycles. The van der Waals surface area contributed by atoms with Crippen LogP contribution < -0.4 is 11.1 Å². The van der Waals surface area contributed by atoms with Crippen molar-refractivity contribution < 1.29 is 0 Å². The van der Waals surface area contributed by atoms with E-state index in [1.807, 2.05) is 24.3 Å². The van der Waals surface area contributed by atoms with Gasteiger partial charge in [-0.25, -0.2) is 0 Å². The van der Waals surface area contributed by atoms with Crippen molar-refractivity contribution in [3.05, 3.63) is 50.6 Å². The van der Waals surface area contributed by atoms with E-state index in [0.717, 1.165) is 28.8 Å². The molecule has 0 spiro atoms. The fraction of sp³-hybridized carbons (Fsp3) is 0.167. The van der Waals surface area contributed by atoms with Gasteiger partial charge in [-0.2, -0.15) is 0 Å². The van der Waals surface area contributed by atoms with Crippen LogP contribution in [0.3, 0.4) is 0 Å². The molecule has 0 aliphatic heterocycles. The van der Waals surface area contributed by atoms with E-state index in [0.29, 0.717) is 0 Å². The van der Waals surface area contributed by atoms with Gasteiger partial charge in [0.1, 0.15) is 0 Å². The lowest BCUT2D eigenvalue weighted by Gasteiger charge is -2.06. The third kappa shape index (κ3) is 3.07. The van der Waals surface area contributed by atoms with E-state index in [4.69, 9.17) is 5.73 Å². The number of benzene rings is 1. The van der Waals surface area contributed by atoms with E-state index >= 15 is 0 Å². The molecule has 84 valence electrons. The molecule has 2 nitrogen and oxygen atoms in total. The Labute approximate surface area is 108 Å². The third-order valence-electron chi connectivity index (χ3n) is 2.29. The normalized spacial score (nSPS) is 10.6. The van der Waals surface area contributed by atoms with Gasteiger partial charge in [0.15, 0.2) is 0 Å². The van der Waals surface area contributed by atoms with Gasteiger partial charge in [-0.1, -0.05) is 18.2 Å². The molecule has 4 heteroatoms. The summed E-state index contributed by atoms with van der Waals surface area (Å²) in [5.74, 6) is 0. The fourth-order valence-corrected chi connectivity index (χ4v) is 2.88. The molecule has 0 fully saturated rings. The number of halogens is 1. The molecule has 16 heavy (non-hydrogen) atoms. The minimum absolute atomic E-state index is 0.808. The lowest BCUT2D eigenvalue weighted by molar-refractivity contribution is 0.702. The molecule has 0 radical (unpaired) electrons. The van der Waals surface area contributed by atoms with Gasteiger partial charge >= 0.3 is 0 Å². The maximum Gasteiger partial charge on any atom is 0.0359 e. The summed E-state index contributed by atoms with van der Waals surface area (Å²) in [5.41, 5.74) is 7.86. The molecule has 0 atom stereocenters. The zero-order valence-electron chi connectivity index (χ0n) is 8.74. The number of para-hydroxylation sites is 1. The number of hydrogen-bond acceptors (Lipinski definition) is 3. The first kappa shape index (κ1) is 11.6. The molecule has 2 rings (SSSR count). The number of hydrogen-bond donors (Lipinski definition) is 2. The van der Waals surface area contributed by atoms with Crippen LogP contribution in [-0.4, -0.2) is 0 Å². The van der Waals surface area contributed by atoms with Crippen molar-refractivity contribution in [2.45, 2.75) is 13.1 Å². The van der Waals surface area contributed by atoms with Crippen molar-refractivity contribution >= 4 is 33.0 Å². The van der Waals surface area contributed by atoms with Gasteiger partial charge in [0.25, 0.3) is 0 Å². The summed E-state index contributed by atoms with van der Waals surface area (Å²) in [6.07, 6.45) is 0. The Bertz CT molecular complexity index is 468. The summed E-state index contributed by atoms with van der Waals surface area (Å²) in [4.78, 5) is 1.32. The summed E-state index contributed by atoms with van der Waals surface area (Å²) in [5, 5.41) is 5.47. The molecule has 2 aromatic rings. The third-order valence-corrected chi connectivity index (χ3v) is 3.99. The highest BCUT2D eigenvalue weighted by Crippen LogP contribution is 2.19. The van der Waals surface area contributed by atoms with Crippen LogP contribution in [0.4, 0.5) is 5.69 Å². The highest BCUT2D eigenvalue weighted by atomic mass is 79.9. The first-order valence-electron chi connectivity index (χ1n) is 5.03. The molecular weight excluding hydrogens is 284 g/mol. The monoisotopic (exact) mass is 296 g/mol. The molecule has 0 aliphatic carbocycles. The SMILES string of the molecule is Nc1ccccc1CNCc1cc(Br)cs1. The average Bonchev–Trinajstić information content (AvgIpc) is 2.67. The summed E-state index contributed by atoms with van der Waals surface area (Å²) in [6, 6.07) is 10.1. The predicted octanol–water partition coefficient (Wildman–Crippen LogP) is 3.38. The quantitative estimate of drug-likeness (QED) is 0.849. The van der Waals surface area contributed by atoms with E-state index in [2.05, 4.69) is 32.7 Å². The van der Waals surface area contributed by atoms with E-state index < -0.39 is 0 Å². The van der Waals surface area contributed by atoms with Crippen molar-refractivity contribution in [1.82, 2.24) is 5.32 Å². The molecular formula is C12H13BrN2S. The van der Waals surface area contributed by atoms with Gasteiger partial charge in [-0.15, -0.1) is 11.3 Å². The van der Waals surface area contributed by atoms with Crippen LogP contribution in [0.1, 0.15) is 10.4 Å². The van der Waals surface area contributed by atoms with E-state index in [1.54, 1.807) is 11.3 Å². The minimum Gasteiger partial charge on any atom is -0.398 e. The summed E-state index contributed by atoms with van der Waals surface area (Å²) >= 11 is 5.19. The largest absolute Gasteiger partial charge is 0.398 e. The van der Waals surface area contributed by atoms with Gasteiger partial charge in [0, 0.05) is 33.5 Å². The molecule has 1 aromatic heterocycles. The second-order valence-corrected chi connectivity index (χ2v) is 5.45. The van der Waals surface area contributed by atoms with Gasteiger partial charge in [-0.3, -0.25) is 0 Å². The van der Waals surface area contributed by atoms with E-state index in [9.17, 15) is 0 Å². The summed E-state index contributed by atoms with van der Waals surface area (Å²) in [7, 11) is 0. The average molecular weight is 297 g/mol. The fourth-order valence-electron chi connectivity index (χ4n) is 1.46. The maximum atomic E-state index is 5.86. The van der Waals surface area contributed by atoms with Crippen molar-refractivity contribution in [1.29, 1.82) is 0 Å². The molecule has 0 saturated heterocycles.